The second-order valence-corrected chi connectivity index (χ2v) is 5.58. The van der Waals surface area contributed by atoms with Crippen LogP contribution in [0, 0.1) is 0 Å². The molecule has 0 fully saturated rings. The maximum atomic E-state index is 9.59. The first-order valence-electron chi connectivity index (χ1n) is 8.05. The highest BCUT2D eigenvalue weighted by molar-refractivity contribution is 5.59. The molecule has 0 aliphatic rings. The van der Waals surface area contributed by atoms with Crippen molar-refractivity contribution in [3.63, 3.8) is 0 Å². The van der Waals surface area contributed by atoms with Gasteiger partial charge in [0.15, 0.2) is 0 Å². The molecule has 1 rings (SSSR count). The maximum Gasteiger partial charge on any atom is 0.129 e. The molecular weight excluding hydrogens is 288 g/mol. The summed E-state index contributed by atoms with van der Waals surface area (Å²) in [5.74, 6) is 2.02. The molecule has 0 radical (unpaired) electrons. The normalized spacial score (nSPS) is 11.6. The molecule has 3 heteroatoms. The average molecular weight is 316 g/mol. The minimum atomic E-state index is 0.451. The Morgan fingerprint density at radius 3 is 2.65 bits per heavy atom. The highest BCUT2D eigenvalue weighted by Crippen LogP contribution is 2.26. The van der Waals surface area contributed by atoms with E-state index in [0.29, 0.717) is 18.8 Å². The van der Waals surface area contributed by atoms with Gasteiger partial charge in [-0.2, -0.15) is 0 Å². The van der Waals surface area contributed by atoms with Crippen LogP contribution in [-0.4, -0.2) is 18.8 Å². The van der Waals surface area contributed by atoms with Crippen LogP contribution in [0.5, 0.6) is 11.5 Å². The highest BCUT2D eigenvalue weighted by atomic mass is 16.5. The summed E-state index contributed by atoms with van der Waals surface area (Å²) in [6.45, 7) is 6.70. The molecule has 0 saturated heterocycles. The van der Waals surface area contributed by atoms with E-state index in [1.54, 1.807) is 7.11 Å². The average Bonchev–Trinajstić information content (AvgIpc) is 2.52. The van der Waals surface area contributed by atoms with Crippen molar-refractivity contribution in [3.8, 4) is 11.5 Å². The molecule has 23 heavy (non-hydrogen) atoms. The van der Waals surface area contributed by atoms with Crippen molar-refractivity contribution in [3.05, 3.63) is 53.3 Å². The lowest BCUT2D eigenvalue weighted by atomic mass is 10.1. The summed E-state index contributed by atoms with van der Waals surface area (Å²) in [5.41, 5.74) is 2.22. The number of hydrogen-bond acceptors (Lipinski definition) is 3. The van der Waals surface area contributed by atoms with E-state index >= 15 is 0 Å². The third-order valence-corrected chi connectivity index (χ3v) is 3.24. The predicted molar refractivity (Wildman–Crippen MR) is 97.2 cm³/mol. The first kappa shape index (κ1) is 18.9. The first-order chi connectivity index (χ1) is 11.1. The fourth-order valence-corrected chi connectivity index (χ4v) is 1.98. The minimum absolute atomic E-state index is 0.451. The number of aliphatic hydroxyl groups excluding tert-OH is 1. The molecule has 0 spiro atoms. The molecule has 0 aliphatic carbocycles. The van der Waals surface area contributed by atoms with Crippen LogP contribution < -0.4 is 9.47 Å². The molecule has 3 nitrogen and oxygen atoms in total. The van der Waals surface area contributed by atoms with Crippen molar-refractivity contribution in [2.45, 2.75) is 40.0 Å². The van der Waals surface area contributed by atoms with Crippen molar-refractivity contribution in [1.29, 1.82) is 0 Å². The Morgan fingerprint density at radius 2 is 2.00 bits per heavy atom. The molecule has 0 heterocycles. The van der Waals surface area contributed by atoms with E-state index in [1.807, 2.05) is 63.3 Å². The second-order valence-electron chi connectivity index (χ2n) is 5.58. The van der Waals surface area contributed by atoms with Crippen LogP contribution in [-0.2, 0) is 0 Å². The second kappa shape index (κ2) is 10.5. The highest BCUT2D eigenvalue weighted by Gasteiger charge is 2.02. The van der Waals surface area contributed by atoms with E-state index in [-0.39, 0.29) is 0 Å². The van der Waals surface area contributed by atoms with Gasteiger partial charge in [0.1, 0.15) is 18.1 Å². The van der Waals surface area contributed by atoms with Gasteiger partial charge in [-0.05, 0) is 51.0 Å². The molecule has 0 unspecified atom stereocenters. The third-order valence-electron chi connectivity index (χ3n) is 3.24. The van der Waals surface area contributed by atoms with E-state index in [9.17, 15) is 5.11 Å². The summed E-state index contributed by atoms with van der Waals surface area (Å²) in [7, 11) is 1.65. The number of methoxy groups -OCH3 is 1. The maximum absolute atomic E-state index is 9.59. The van der Waals surface area contributed by atoms with Gasteiger partial charge in [-0.15, -0.1) is 0 Å². The van der Waals surface area contributed by atoms with E-state index in [4.69, 9.17) is 9.47 Å². The fourth-order valence-electron chi connectivity index (χ4n) is 1.98. The molecule has 0 atom stereocenters. The molecule has 0 aliphatic heterocycles. The lowest BCUT2D eigenvalue weighted by Crippen LogP contribution is -1.95. The van der Waals surface area contributed by atoms with Crippen molar-refractivity contribution in [2.75, 3.05) is 13.7 Å². The molecule has 0 aromatic heterocycles. The molecule has 1 aromatic carbocycles. The van der Waals surface area contributed by atoms with Gasteiger partial charge in [-0.25, -0.2) is 0 Å². The van der Waals surface area contributed by atoms with Gasteiger partial charge in [-0.3, -0.25) is 0 Å². The Labute approximate surface area is 139 Å². The van der Waals surface area contributed by atoms with Crippen LogP contribution >= 0.6 is 0 Å². The quantitative estimate of drug-likeness (QED) is 0.470. The van der Waals surface area contributed by atoms with Crippen molar-refractivity contribution >= 4 is 6.08 Å². The number of benzene rings is 1. The van der Waals surface area contributed by atoms with Gasteiger partial charge in [0.2, 0.25) is 0 Å². The lowest BCUT2D eigenvalue weighted by molar-refractivity contribution is 0.356. The van der Waals surface area contributed by atoms with E-state index in [1.165, 1.54) is 5.57 Å². The number of allylic oxidation sites excluding steroid dienone is 4. The van der Waals surface area contributed by atoms with Gasteiger partial charge in [0.25, 0.3) is 0 Å². The smallest absolute Gasteiger partial charge is 0.129 e. The summed E-state index contributed by atoms with van der Waals surface area (Å²) < 4.78 is 11.1. The van der Waals surface area contributed by atoms with Crippen LogP contribution in [0.3, 0.4) is 0 Å². The largest absolute Gasteiger partial charge is 0.513 e. The molecule has 126 valence electrons. The first-order valence-corrected chi connectivity index (χ1v) is 8.05. The van der Waals surface area contributed by atoms with Gasteiger partial charge in [0.05, 0.1) is 12.9 Å². The topological polar surface area (TPSA) is 38.7 Å². The van der Waals surface area contributed by atoms with Crippen LogP contribution in [0.15, 0.2) is 47.8 Å². The number of aliphatic hydroxyl groups is 1. The van der Waals surface area contributed by atoms with Crippen LogP contribution in [0.2, 0.25) is 0 Å². The van der Waals surface area contributed by atoms with Crippen molar-refractivity contribution in [2.24, 2.45) is 0 Å². The predicted octanol–water partition coefficient (Wildman–Crippen LogP) is 5.69. The van der Waals surface area contributed by atoms with E-state index in [2.05, 4.69) is 0 Å². The summed E-state index contributed by atoms with van der Waals surface area (Å²) in [5, 5.41) is 9.59. The molecule has 0 amide bonds. The number of hydrogen-bond donors (Lipinski definition) is 1. The fraction of sp³-hybridized carbons (Fsp3) is 0.400. The van der Waals surface area contributed by atoms with Crippen LogP contribution in [0.1, 0.15) is 45.6 Å². The number of ether oxygens (including phenoxy) is 2. The Bertz CT molecular complexity index is 564. The van der Waals surface area contributed by atoms with Gasteiger partial charge in [0, 0.05) is 18.1 Å². The summed E-state index contributed by atoms with van der Waals surface area (Å²) in [6.07, 6.45) is 10.3. The van der Waals surface area contributed by atoms with Gasteiger partial charge in [-0.1, -0.05) is 24.6 Å². The standard InChI is InChI=1S/C20H28O3/c1-5-8-18(21)10-7-6-9-17-11-12-19(15-20(17)22-4)23-14-13-16(2)3/h6,9-13,15,21H,5,7-8,14H2,1-4H3/b9-6+,18-10+. The van der Waals surface area contributed by atoms with E-state index < -0.39 is 0 Å². The SMILES string of the molecule is CCC/C(O)=C\C/C=C/c1ccc(OCC=C(C)C)cc1OC. The zero-order valence-corrected chi connectivity index (χ0v) is 14.6. The summed E-state index contributed by atoms with van der Waals surface area (Å²) in [6, 6.07) is 5.80. The Hall–Kier alpha value is -2.16. The van der Waals surface area contributed by atoms with Crippen molar-refractivity contribution in [1.82, 2.24) is 0 Å². The Kier molecular flexibility index (Phi) is 8.66. The summed E-state index contributed by atoms with van der Waals surface area (Å²) >= 11 is 0. The van der Waals surface area contributed by atoms with Gasteiger partial charge < -0.3 is 14.6 Å². The molecular formula is C20H28O3. The number of rotatable bonds is 9. The Balaban J connectivity index is 2.69. The van der Waals surface area contributed by atoms with Gasteiger partial charge >= 0.3 is 0 Å². The Morgan fingerprint density at radius 1 is 1.22 bits per heavy atom. The monoisotopic (exact) mass is 316 g/mol. The van der Waals surface area contributed by atoms with Crippen LogP contribution in [0.25, 0.3) is 6.08 Å². The zero-order valence-electron chi connectivity index (χ0n) is 14.6. The van der Waals surface area contributed by atoms with E-state index in [0.717, 1.165) is 29.9 Å². The third kappa shape index (κ3) is 7.59. The van der Waals surface area contributed by atoms with Crippen LogP contribution in [0.4, 0.5) is 0 Å². The minimum Gasteiger partial charge on any atom is -0.513 e. The molecule has 0 bridgehead atoms. The molecule has 0 saturated carbocycles. The zero-order chi connectivity index (χ0) is 17.1. The van der Waals surface area contributed by atoms with Crippen molar-refractivity contribution < 1.29 is 14.6 Å². The summed E-state index contributed by atoms with van der Waals surface area (Å²) in [4.78, 5) is 0. The molecule has 1 N–H and O–H groups in total. The lowest BCUT2D eigenvalue weighted by Gasteiger charge is -2.09. The molecule has 1 aromatic rings.